The summed E-state index contributed by atoms with van der Waals surface area (Å²) in [5.74, 6) is 0.286. The molecule has 0 aliphatic rings. The summed E-state index contributed by atoms with van der Waals surface area (Å²) in [5.41, 5.74) is 2.71. The van der Waals surface area contributed by atoms with E-state index in [1.54, 1.807) is 0 Å². The maximum absolute atomic E-state index is 9.83. The summed E-state index contributed by atoms with van der Waals surface area (Å²) in [6, 6.07) is 3.85. The lowest BCUT2D eigenvalue weighted by atomic mass is 10.1. The van der Waals surface area contributed by atoms with Gasteiger partial charge in [-0.25, -0.2) is 0 Å². The molecule has 3 heteroatoms. The van der Waals surface area contributed by atoms with Gasteiger partial charge in [-0.05, 0) is 31.0 Å². The van der Waals surface area contributed by atoms with Crippen molar-refractivity contribution in [1.29, 1.82) is 0 Å². The van der Waals surface area contributed by atoms with E-state index in [9.17, 15) is 5.11 Å². The van der Waals surface area contributed by atoms with Crippen molar-refractivity contribution in [3.05, 3.63) is 28.8 Å². The van der Waals surface area contributed by atoms with Crippen LogP contribution in [0.3, 0.4) is 0 Å². The van der Waals surface area contributed by atoms with Gasteiger partial charge in [-0.15, -0.1) is 0 Å². The number of aromatic hydroxyl groups is 1. The van der Waals surface area contributed by atoms with E-state index in [-0.39, 0.29) is 5.75 Å². The zero-order chi connectivity index (χ0) is 10.9. The molecule has 1 aromatic rings. The molecule has 1 rings (SSSR count). The molecule has 76 valence electrons. The minimum absolute atomic E-state index is 0.286. The Balaban J connectivity index is 3.27. The first kappa shape index (κ1) is 11.0. The highest BCUT2D eigenvalue weighted by molar-refractivity contribution is 7.80. The average molecular weight is 209 g/mol. The molecule has 1 N–H and O–H groups in total. The largest absolute Gasteiger partial charge is 0.507 e. The maximum atomic E-state index is 9.83. The smallest absolute Gasteiger partial charge is 0.128 e. The highest BCUT2D eigenvalue weighted by Crippen LogP contribution is 2.24. The second-order valence-electron chi connectivity index (χ2n) is 3.68. The first-order valence-electron chi connectivity index (χ1n) is 4.45. The second-order valence-corrected chi connectivity index (χ2v) is 4.06. The Kier molecular flexibility index (Phi) is 3.11. The van der Waals surface area contributed by atoms with Crippen molar-refractivity contribution >= 4 is 17.2 Å². The number of phenols is 1. The summed E-state index contributed by atoms with van der Waals surface area (Å²) in [6.07, 6.45) is 0. The van der Waals surface area contributed by atoms with Gasteiger partial charge in [-0.3, -0.25) is 0 Å². The van der Waals surface area contributed by atoms with E-state index < -0.39 is 0 Å². The van der Waals surface area contributed by atoms with Crippen LogP contribution in [-0.4, -0.2) is 29.1 Å². The standard InChI is InChI=1S/C11H15NOS/c1-7-5-8(2)10(13)9(6-7)11(14)12(3)4/h5-6,13H,1-4H3. The van der Waals surface area contributed by atoms with Gasteiger partial charge in [0.15, 0.2) is 0 Å². The number of rotatable bonds is 1. The number of thiocarbonyl (C=S) groups is 1. The Labute approximate surface area is 90.2 Å². The molecule has 0 aliphatic carbocycles. The Morgan fingerprint density at radius 1 is 1.29 bits per heavy atom. The van der Waals surface area contributed by atoms with Crippen LogP contribution >= 0.6 is 12.2 Å². The van der Waals surface area contributed by atoms with Crippen molar-refractivity contribution < 1.29 is 5.11 Å². The molecule has 1 aromatic carbocycles. The maximum Gasteiger partial charge on any atom is 0.128 e. The summed E-state index contributed by atoms with van der Waals surface area (Å²) < 4.78 is 0. The Morgan fingerprint density at radius 3 is 2.36 bits per heavy atom. The third kappa shape index (κ3) is 2.04. The fourth-order valence-corrected chi connectivity index (χ4v) is 1.52. The molecule has 0 atom stereocenters. The molecule has 0 saturated heterocycles. The fourth-order valence-electron chi connectivity index (χ4n) is 1.36. The van der Waals surface area contributed by atoms with Crippen LogP contribution in [0.1, 0.15) is 16.7 Å². The van der Waals surface area contributed by atoms with Gasteiger partial charge in [0.2, 0.25) is 0 Å². The van der Waals surface area contributed by atoms with Crippen molar-refractivity contribution in [3.63, 3.8) is 0 Å². The Morgan fingerprint density at radius 2 is 1.86 bits per heavy atom. The van der Waals surface area contributed by atoms with Crippen LogP contribution in [0, 0.1) is 13.8 Å². The van der Waals surface area contributed by atoms with E-state index >= 15 is 0 Å². The van der Waals surface area contributed by atoms with Crippen LogP contribution in [-0.2, 0) is 0 Å². The summed E-state index contributed by atoms with van der Waals surface area (Å²) in [6.45, 7) is 3.87. The molecule has 0 unspecified atom stereocenters. The average Bonchev–Trinajstić information content (AvgIpc) is 2.09. The molecule has 0 bridgehead atoms. The SMILES string of the molecule is Cc1cc(C)c(O)c(C(=S)N(C)C)c1. The molecule has 0 fully saturated rings. The van der Waals surface area contributed by atoms with Crippen LogP contribution < -0.4 is 0 Å². The number of phenolic OH excluding ortho intramolecular Hbond substituents is 1. The fraction of sp³-hybridized carbons (Fsp3) is 0.364. The zero-order valence-corrected chi connectivity index (χ0v) is 9.77. The van der Waals surface area contributed by atoms with E-state index in [1.165, 1.54) is 0 Å². The molecule has 0 aliphatic heterocycles. The minimum Gasteiger partial charge on any atom is -0.507 e. The molecule has 0 heterocycles. The van der Waals surface area contributed by atoms with Gasteiger partial charge in [-0.2, -0.15) is 0 Å². The molecule has 0 radical (unpaired) electrons. The minimum atomic E-state index is 0.286. The predicted molar refractivity (Wildman–Crippen MR) is 63.0 cm³/mol. The van der Waals surface area contributed by atoms with Crippen LogP contribution in [0.2, 0.25) is 0 Å². The third-order valence-corrected chi connectivity index (χ3v) is 2.67. The summed E-state index contributed by atoms with van der Waals surface area (Å²) in [4.78, 5) is 2.48. The van der Waals surface area contributed by atoms with E-state index in [4.69, 9.17) is 12.2 Å². The van der Waals surface area contributed by atoms with Gasteiger partial charge in [0.1, 0.15) is 10.7 Å². The first-order chi connectivity index (χ1) is 6.43. The van der Waals surface area contributed by atoms with Crippen LogP contribution in [0.15, 0.2) is 12.1 Å². The number of nitrogens with zero attached hydrogens (tertiary/aromatic N) is 1. The normalized spacial score (nSPS) is 10.0. The van der Waals surface area contributed by atoms with E-state index in [0.717, 1.165) is 16.7 Å². The van der Waals surface area contributed by atoms with Crippen molar-refractivity contribution in [2.45, 2.75) is 13.8 Å². The molecule has 0 aromatic heterocycles. The summed E-state index contributed by atoms with van der Waals surface area (Å²) in [5, 5.41) is 9.83. The molecule has 0 amide bonds. The Bertz CT molecular complexity index is 372. The van der Waals surface area contributed by atoms with Crippen LogP contribution in [0.5, 0.6) is 5.75 Å². The van der Waals surface area contributed by atoms with Crippen LogP contribution in [0.4, 0.5) is 0 Å². The van der Waals surface area contributed by atoms with E-state index in [0.29, 0.717) is 4.99 Å². The Hall–Kier alpha value is -1.09. The number of hydrogen-bond acceptors (Lipinski definition) is 2. The molecular weight excluding hydrogens is 194 g/mol. The van der Waals surface area contributed by atoms with E-state index in [1.807, 2.05) is 45.0 Å². The molecule has 0 saturated carbocycles. The quantitative estimate of drug-likeness (QED) is 0.718. The highest BCUT2D eigenvalue weighted by atomic mass is 32.1. The first-order valence-corrected chi connectivity index (χ1v) is 4.86. The highest BCUT2D eigenvalue weighted by Gasteiger charge is 2.11. The van der Waals surface area contributed by atoms with Gasteiger partial charge in [0.25, 0.3) is 0 Å². The van der Waals surface area contributed by atoms with Gasteiger partial charge >= 0.3 is 0 Å². The predicted octanol–water partition coefficient (Wildman–Crippen LogP) is 2.25. The molecule has 14 heavy (non-hydrogen) atoms. The zero-order valence-electron chi connectivity index (χ0n) is 8.96. The molecule has 2 nitrogen and oxygen atoms in total. The lowest BCUT2D eigenvalue weighted by molar-refractivity contribution is 0.468. The number of benzene rings is 1. The van der Waals surface area contributed by atoms with Crippen molar-refractivity contribution in [1.82, 2.24) is 4.90 Å². The van der Waals surface area contributed by atoms with Crippen molar-refractivity contribution in [2.75, 3.05) is 14.1 Å². The van der Waals surface area contributed by atoms with Gasteiger partial charge in [0.05, 0.1) is 5.56 Å². The lowest BCUT2D eigenvalue weighted by Gasteiger charge is -2.16. The van der Waals surface area contributed by atoms with Crippen molar-refractivity contribution in [3.8, 4) is 5.75 Å². The van der Waals surface area contributed by atoms with Gasteiger partial charge < -0.3 is 10.0 Å². The number of hydrogen-bond donors (Lipinski definition) is 1. The van der Waals surface area contributed by atoms with E-state index in [2.05, 4.69) is 0 Å². The topological polar surface area (TPSA) is 23.5 Å². The summed E-state index contributed by atoms with van der Waals surface area (Å²) >= 11 is 5.22. The summed E-state index contributed by atoms with van der Waals surface area (Å²) in [7, 11) is 3.75. The number of aryl methyl sites for hydroxylation is 2. The second kappa shape index (κ2) is 3.96. The van der Waals surface area contributed by atoms with Crippen LogP contribution in [0.25, 0.3) is 0 Å². The van der Waals surface area contributed by atoms with Gasteiger partial charge in [-0.1, -0.05) is 18.3 Å². The van der Waals surface area contributed by atoms with Gasteiger partial charge in [0, 0.05) is 14.1 Å². The molecule has 0 spiro atoms. The lowest BCUT2D eigenvalue weighted by Crippen LogP contribution is -2.20. The third-order valence-electron chi connectivity index (χ3n) is 2.08. The monoisotopic (exact) mass is 209 g/mol. The van der Waals surface area contributed by atoms with Crippen molar-refractivity contribution in [2.24, 2.45) is 0 Å². The molecular formula is C11H15NOS.